The molecule has 1 aromatic carbocycles. The summed E-state index contributed by atoms with van der Waals surface area (Å²) in [6.07, 6.45) is 12.6. The molecule has 1 atom stereocenters. The van der Waals surface area contributed by atoms with E-state index in [9.17, 15) is 0 Å². The third-order valence-corrected chi connectivity index (χ3v) is 4.50. The second kappa shape index (κ2) is 12.9. The van der Waals surface area contributed by atoms with Gasteiger partial charge >= 0.3 is 0 Å². The van der Waals surface area contributed by atoms with Gasteiger partial charge in [0.05, 0.1) is 0 Å². The number of halogens is 1. The number of hydrogen-bond acceptors (Lipinski definition) is 4. The van der Waals surface area contributed by atoms with Gasteiger partial charge in [0.2, 0.25) is 11.7 Å². The Labute approximate surface area is 164 Å². The maximum absolute atomic E-state index is 5.76. The standard InChI is InChI=1S/C21H33N3O.ClH/c1-3-4-5-6-7-8-9-10-11-18-12-14-19(15-13-18)21-23-20(25-24-21)16-17(2)22;/h12-15,17H,3-11,16,22H2,1-2H3;1H. The predicted molar refractivity (Wildman–Crippen MR) is 111 cm³/mol. The Kier molecular flexibility index (Phi) is 11.2. The molecule has 0 amide bonds. The van der Waals surface area contributed by atoms with E-state index in [4.69, 9.17) is 10.3 Å². The highest BCUT2D eigenvalue weighted by Crippen LogP contribution is 2.18. The summed E-state index contributed by atoms with van der Waals surface area (Å²) in [5, 5.41) is 4.04. The van der Waals surface area contributed by atoms with Crippen molar-refractivity contribution in [3.05, 3.63) is 35.7 Å². The summed E-state index contributed by atoms with van der Waals surface area (Å²) >= 11 is 0. The topological polar surface area (TPSA) is 64.9 Å². The molecule has 146 valence electrons. The summed E-state index contributed by atoms with van der Waals surface area (Å²) in [6.45, 7) is 4.20. The minimum atomic E-state index is 0. The fourth-order valence-electron chi connectivity index (χ4n) is 3.01. The fraction of sp³-hybridized carbons (Fsp3) is 0.619. The number of nitrogens with zero attached hydrogens (tertiary/aromatic N) is 2. The number of nitrogens with two attached hydrogens (primary N) is 1. The molecule has 0 aliphatic heterocycles. The highest BCUT2D eigenvalue weighted by molar-refractivity contribution is 5.85. The Bertz CT molecular complexity index is 596. The van der Waals surface area contributed by atoms with E-state index in [0.717, 1.165) is 12.0 Å². The first-order valence-corrected chi connectivity index (χ1v) is 9.86. The summed E-state index contributed by atoms with van der Waals surface area (Å²) in [7, 11) is 0. The zero-order valence-corrected chi connectivity index (χ0v) is 17.1. The molecule has 1 heterocycles. The van der Waals surface area contributed by atoms with Crippen molar-refractivity contribution in [3.63, 3.8) is 0 Å². The van der Waals surface area contributed by atoms with Gasteiger partial charge in [0.1, 0.15) is 0 Å². The van der Waals surface area contributed by atoms with Crippen molar-refractivity contribution in [2.45, 2.75) is 84.1 Å². The van der Waals surface area contributed by atoms with Crippen molar-refractivity contribution in [2.75, 3.05) is 0 Å². The molecule has 0 radical (unpaired) electrons. The predicted octanol–water partition coefficient (Wildman–Crippen LogP) is 5.73. The van der Waals surface area contributed by atoms with E-state index in [1.165, 1.54) is 56.9 Å². The number of unbranched alkanes of at least 4 members (excludes halogenated alkanes) is 7. The van der Waals surface area contributed by atoms with E-state index in [1.54, 1.807) is 0 Å². The van der Waals surface area contributed by atoms with Crippen LogP contribution in [0.25, 0.3) is 11.4 Å². The van der Waals surface area contributed by atoms with Gasteiger partial charge in [0, 0.05) is 18.0 Å². The van der Waals surface area contributed by atoms with Crippen LogP contribution < -0.4 is 5.73 Å². The normalized spacial score (nSPS) is 12.0. The second-order valence-electron chi connectivity index (χ2n) is 7.11. The molecule has 26 heavy (non-hydrogen) atoms. The van der Waals surface area contributed by atoms with Crippen LogP contribution in [-0.2, 0) is 12.8 Å². The van der Waals surface area contributed by atoms with Gasteiger partial charge in [-0.1, -0.05) is 81.3 Å². The van der Waals surface area contributed by atoms with Crippen molar-refractivity contribution in [1.82, 2.24) is 10.1 Å². The lowest BCUT2D eigenvalue weighted by molar-refractivity contribution is 0.372. The number of aryl methyl sites for hydroxylation is 1. The summed E-state index contributed by atoms with van der Waals surface area (Å²) < 4.78 is 5.25. The number of aromatic nitrogens is 2. The highest BCUT2D eigenvalue weighted by atomic mass is 35.5. The molecule has 0 aliphatic carbocycles. The second-order valence-corrected chi connectivity index (χ2v) is 7.11. The van der Waals surface area contributed by atoms with Gasteiger partial charge in [-0.15, -0.1) is 12.4 Å². The van der Waals surface area contributed by atoms with Crippen LogP contribution in [0.5, 0.6) is 0 Å². The van der Waals surface area contributed by atoms with Crippen LogP contribution in [0, 0.1) is 0 Å². The lowest BCUT2D eigenvalue weighted by Crippen LogP contribution is -2.17. The van der Waals surface area contributed by atoms with Crippen molar-refractivity contribution in [2.24, 2.45) is 5.73 Å². The number of rotatable bonds is 12. The third kappa shape index (κ3) is 8.33. The van der Waals surface area contributed by atoms with Crippen LogP contribution in [0.3, 0.4) is 0 Å². The van der Waals surface area contributed by atoms with Gasteiger partial charge in [-0.25, -0.2) is 0 Å². The molecule has 0 aliphatic rings. The number of benzene rings is 1. The van der Waals surface area contributed by atoms with Gasteiger partial charge in [0.15, 0.2) is 0 Å². The Morgan fingerprint density at radius 2 is 1.58 bits per heavy atom. The molecule has 1 aromatic heterocycles. The van der Waals surface area contributed by atoms with Crippen LogP contribution >= 0.6 is 12.4 Å². The molecule has 5 heteroatoms. The first kappa shape index (κ1) is 22.7. The zero-order valence-electron chi connectivity index (χ0n) is 16.2. The molecule has 0 saturated heterocycles. The molecule has 4 nitrogen and oxygen atoms in total. The Morgan fingerprint density at radius 1 is 0.962 bits per heavy atom. The molecule has 1 unspecified atom stereocenters. The first-order chi connectivity index (χ1) is 12.2. The molecule has 0 fully saturated rings. The van der Waals surface area contributed by atoms with E-state index in [2.05, 4.69) is 41.3 Å². The Morgan fingerprint density at radius 3 is 2.19 bits per heavy atom. The molecule has 2 rings (SSSR count). The van der Waals surface area contributed by atoms with Crippen molar-refractivity contribution in [3.8, 4) is 11.4 Å². The van der Waals surface area contributed by atoms with E-state index in [1.807, 2.05) is 6.92 Å². The lowest BCUT2D eigenvalue weighted by Gasteiger charge is -2.03. The SMILES string of the molecule is CCCCCCCCCCc1ccc(-c2noc(CC(C)N)n2)cc1.Cl. The van der Waals surface area contributed by atoms with Gasteiger partial charge in [-0.05, 0) is 25.3 Å². The van der Waals surface area contributed by atoms with E-state index in [0.29, 0.717) is 18.1 Å². The van der Waals surface area contributed by atoms with Gasteiger partial charge < -0.3 is 10.3 Å². The Balaban J connectivity index is 0.00000338. The van der Waals surface area contributed by atoms with E-state index < -0.39 is 0 Å². The molecule has 0 saturated carbocycles. The van der Waals surface area contributed by atoms with E-state index >= 15 is 0 Å². The largest absolute Gasteiger partial charge is 0.339 e. The smallest absolute Gasteiger partial charge is 0.228 e. The van der Waals surface area contributed by atoms with Crippen molar-refractivity contribution in [1.29, 1.82) is 0 Å². The quantitative estimate of drug-likeness (QED) is 0.478. The molecule has 0 bridgehead atoms. The maximum Gasteiger partial charge on any atom is 0.228 e. The van der Waals surface area contributed by atoms with Crippen LogP contribution in [-0.4, -0.2) is 16.2 Å². The summed E-state index contributed by atoms with van der Waals surface area (Å²) in [5.74, 6) is 1.25. The van der Waals surface area contributed by atoms with Crippen molar-refractivity contribution < 1.29 is 4.52 Å². The van der Waals surface area contributed by atoms with Crippen LogP contribution in [0.1, 0.15) is 76.7 Å². The van der Waals surface area contributed by atoms with Crippen LogP contribution in [0.15, 0.2) is 28.8 Å². The average molecular weight is 380 g/mol. The molecular formula is C21H34ClN3O. The maximum atomic E-state index is 5.76. The fourth-order valence-corrected chi connectivity index (χ4v) is 3.01. The molecular weight excluding hydrogens is 346 g/mol. The minimum Gasteiger partial charge on any atom is -0.339 e. The minimum absolute atomic E-state index is 0. The summed E-state index contributed by atoms with van der Waals surface area (Å²) in [5.41, 5.74) is 8.15. The van der Waals surface area contributed by atoms with Gasteiger partial charge in [-0.3, -0.25) is 0 Å². The number of hydrogen-bond donors (Lipinski definition) is 1. The third-order valence-electron chi connectivity index (χ3n) is 4.50. The summed E-state index contributed by atoms with van der Waals surface area (Å²) in [4.78, 5) is 4.41. The van der Waals surface area contributed by atoms with Crippen LogP contribution in [0.2, 0.25) is 0 Å². The zero-order chi connectivity index (χ0) is 17.9. The van der Waals surface area contributed by atoms with E-state index in [-0.39, 0.29) is 18.4 Å². The highest BCUT2D eigenvalue weighted by Gasteiger charge is 2.10. The molecule has 2 N–H and O–H groups in total. The monoisotopic (exact) mass is 379 g/mol. The van der Waals surface area contributed by atoms with Gasteiger partial charge in [-0.2, -0.15) is 4.98 Å². The summed E-state index contributed by atoms with van der Waals surface area (Å²) in [6, 6.07) is 8.56. The van der Waals surface area contributed by atoms with Gasteiger partial charge in [0.25, 0.3) is 0 Å². The molecule has 0 spiro atoms. The average Bonchev–Trinajstić information content (AvgIpc) is 3.05. The molecule has 2 aromatic rings. The lowest BCUT2D eigenvalue weighted by atomic mass is 10.0. The first-order valence-electron chi connectivity index (χ1n) is 9.86. The van der Waals surface area contributed by atoms with Crippen molar-refractivity contribution >= 4 is 12.4 Å². The Hall–Kier alpha value is -1.39. The van der Waals surface area contributed by atoms with Crippen LogP contribution in [0.4, 0.5) is 0 Å².